The van der Waals surface area contributed by atoms with Crippen molar-refractivity contribution in [1.82, 2.24) is 15.5 Å². The Morgan fingerprint density at radius 2 is 1.90 bits per heavy atom. The zero-order valence-corrected chi connectivity index (χ0v) is 15.6. The molecule has 0 aliphatic heterocycles. The summed E-state index contributed by atoms with van der Waals surface area (Å²) in [6.45, 7) is 3.74. The number of carbonyl (C=O) groups is 1. The lowest BCUT2D eigenvalue weighted by Gasteiger charge is -2.20. The summed E-state index contributed by atoms with van der Waals surface area (Å²) in [5, 5.41) is 17.2. The molecule has 144 valence electrons. The highest BCUT2D eigenvalue weighted by molar-refractivity contribution is 5.92. The molecule has 0 saturated heterocycles. The van der Waals surface area contributed by atoms with Crippen LogP contribution in [0.1, 0.15) is 23.0 Å². The molecule has 1 unspecified atom stereocenters. The highest BCUT2D eigenvalue weighted by Crippen LogP contribution is 2.34. The normalized spacial score (nSPS) is 11.9. The number of pyridine rings is 1. The first-order valence-electron chi connectivity index (χ1n) is 9.17. The molecule has 4 aromatic rings. The molecule has 4 rings (SSSR count). The number of nitrogens with one attached hydrogen (secondary N) is 1. The number of para-hydroxylation sites is 1. The molecule has 0 bridgehead atoms. The molecular formula is C23H19N3O3. The van der Waals surface area contributed by atoms with Gasteiger partial charge in [0, 0.05) is 23.1 Å². The van der Waals surface area contributed by atoms with Gasteiger partial charge in [-0.2, -0.15) is 0 Å². The molecule has 2 N–H and O–H groups in total. The third-order valence-electron chi connectivity index (χ3n) is 4.72. The SMILES string of the molecule is C=Cc1cccc(CC(NC(=O)O)c2ccccc2-c2noc3ccccc23)n1. The highest BCUT2D eigenvalue weighted by Gasteiger charge is 2.22. The van der Waals surface area contributed by atoms with E-state index in [1.165, 1.54) is 0 Å². The van der Waals surface area contributed by atoms with Crippen LogP contribution in [0.15, 0.2) is 77.8 Å². The molecule has 0 aliphatic rings. The molecule has 0 aliphatic carbocycles. The lowest BCUT2D eigenvalue weighted by atomic mass is 9.93. The van der Waals surface area contributed by atoms with Gasteiger partial charge in [-0.3, -0.25) is 4.98 Å². The summed E-state index contributed by atoms with van der Waals surface area (Å²) in [5.41, 5.74) is 4.49. The molecule has 2 aromatic carbocycles. The third-order valence-corrected chi connectivity index (χ3v) is 4.72. The number of rotatable bonds is 6. The van der Waals surface area contributed by atoms with Gasteiger partial charge >= 0.3 is 6.09 Å². The minimum absolute atomic E-state index is 0.390. The van der Waals surface area contributed by atoms with Crippen molar-refractivity contribution in [2.75, 3.05) is 0 Å². The van der Waals surface area contributed by atoms with Crippen LogP contribution in [-0.2, 0) is 6.42 Å². The Morgan fingerprint density at radius 1 is 1.10 bits per heavy atom. The first-order valence-corrected chi connectivity index (χ1v) is 9.17. The van der Waals surface area contributed by atoms with Crippen LogP contribution in [0.4, 0.5) is 4.79 Å². The van der Waals surface area contributed by atoms with Crippen molar-refractivity contribution in [1.29, 1.82) is 0 Å². The van der Waals surface area contributed by atoms with Gasteiger partial charge in [0.2, 0.25) is 0 Å². The first kappa shape index (κ1) is 18.4. The molecule has 2 aromatic heterocycles. The van der Waals surface area contributed by atoms with Gasteiger partial charge < -0.3 is 14.9 Å². The van der Waals surface area contributed by atoms with E-state index >= 15 is 0 Å². The molecule has 29 heavy (non-hydrogen) atoms. The molecule has 6 heteroatoms. The third kappa shape index (κ3) is 3.87. The van der Waals surface area contributed by atoms with E-state index in [-0.39, 0.29) is 0 Å². The zero-order chi connectivity index (χ0) is 20.2. The molecule has 0 saturated carbocycles. The Labute approximate surface area is 167 Å². The second-order valence-corrected chi connectivity index (χ2v) is 6.58. The van der Waals surface area contributed by atoms with Gasteiger partial charge in [0.1, 0.15) is 5.69 Å². The Kier molecular flexibility index (Phi) is 5.07. The molecule has 0 radical (unpaired) electrons. The summed E-state index contributed by atoms with van der Waals surface area (Å²) < 4.78 is 5.46. The maximum atomic E-state index is 11.5. The van der Waals surface area contributed by atoms with Crippen LogP contribution >= 0.6 is 0 Å². The van der Waals surface area contributed by atoms with E-state index in [0.29, 0.717) is 17.7 Å². The number of benzene rings is 2. The van der Waals surface area contributed by atoms with Gasteiger partial charge in [0.25, 0.3) is 0 Å². The number of amides is 1. The standard InChI is InChI=1S/C23H19N3O3/c1-2-15-8-7-9-16(24-15)14-20(25-23(27)28)17-10-3-4-11-18(17)22-19-12-5-6-13-21(19)29-26-22/h2-13,20,25H,1,14H2,(H,27,28). The smallest absolute Gasteiger partial charge is 0.405 e. The van der Waals surface area contributed by atoms with Crippen LogP contribution in [0.3, 0.4) is 0 Å². The van der Waals surface area contributed by atoms with E-state index in [1.807, 2.05) is 66.7 Å². The van der Waals surface area contributed by atoms with E-state index in [1.54, 1.807) is 6.08 Å². The summed E-state index contributed by atoms with van der Waals surface area (Å²) in [6.07, 6.45) is 0.953. The van der Waals surface area contributed by atoms with Crippen molar-refractivity contribution in [3.05, 3.63) is 90.3 Å². The summed E-state index contributed by atoms with van der Waals surface area (Å²) in [5.74, 6) is 0. The largest absolute Gasteiger partial charge is 0.465 e. The van der Waals surface area contributed by atoms with Gasteiger partial charge in [0.05, 0.1) is 11.7 Å². The number of hydrogen-bond donors (Lipinski definition) is 2. The van der Waals surface area contributed by atoms with Gasteiger partial charge in [-0.05, 0) is 35.9 Å². The second-order valence-electron chi connectivity index (χ2n) is 6.58. The number of aromatic nitrogens is 2. The van der Waals surface area contributed by atoms with E-state index in [0.717, 1.165) is 27.9 Å². The van der Waals surface area contributed by atoms with Crippen molar-refractivity contribution in [3.8, 4) is 11.3 Å². The molecule has 6 nitrogen and oxygen atoms in total. The van der Waals surface area contributed by atoms with Crippen molar-refractivity contribution in [2.45, 2.75) is 12.5 Å². The number of carboxylic acid groups (broad SMARTS) is 1. The van der Waals surface area contributed by atoms with Crippen molar-refractivity contribution >= 4 is 23.1 Å². The van der Waals surface area contributed by atoms with E-state index in [4.69, 9.17) is 4.52 Å². The maximum Gasteiger partial charge on any atom is 0.405 e. The fourth-order valence-corrected chi connectivity index (χ4v) is 3.42. The zero-order valence-electron chi connectivity index (χ0n) is 15.6. The van der Waals surface area contributed by atoms with Crippen LogP contribution in [-0.4, -0.2) is 21.3 Å². The second kappa shape index (κ2) is 7.98. The van der Waals surface area contributed by atoms with E-state index in [2.05, 4.69) is 22.0 Å². The van der Waals surface area contributed by atoms with Gasteiger partial charge in [-0.25, -0.2) is 4.79 Å². The van der Waals surface area contributed by atoms with Gasteiger partial charge in [0.15, 0.2) is 5.58 Å². The predicted octanol–water partition coefficient (Wildman–Crippen LogP) is 5.08. The summed E-state index contributed by atoms with van der Waals surface area (Å²) >= 11 is 0. The van der Waals surface area contributed by atoms with Crippen LogP contribution < -0.4 is 5.32 Å². The fraction of sp³-hybridized carbons (Fsp3) is 0.0870. The van der Waals surface area contributed by atoms with E-state index < -0.39 is 12.1 Å². The Balaban J connectivity index is 1.79. The van der Waals surface area contributed by atoms with Crippen LogP contribution in [0.2, 0.25) is 0 Å². The van der Waals surface area contributed by atoms with Crippen molar-refractivity contribution < 1.29 is 14.4 Å². The van der Waals surface area contributed by atoms with Gasteiger partial charge in [-0.15, -0.1) is 0 Å². The topological polar surface area (TPSA) is 88.2 Å². The number of nitrogens with zero attached hydrogens (tertiary/aromatic N) is 2. The minimum atomic E-state index is -1.10. The molecule has 2 heterocycles. The van der Waals surface area contributed by atoms with E-state index in [9.17, 15) is 9.90 Å². The minimum Gasteiger partial charge on any atom is -0.465 e. The molecular weight excluding hydrogens is 366 g/mol. The van der Waals surface area contributed by atoms with Crippen LogP contribution in [0.5, 0.6) is 0 Å². The van der Waals surface area contributed by atoms with Gasteiger partial charge in [-0.1, -0.05) is 54.2 Å². The number of hydrogen-bond acceptors (Lipinski definition) is 4. The highest BCUT2D eigenvalue weighted by atomic mass is 16.5. The average Bonchev–Trinajstić information content (AvgIpc) is 3.17. The molecule has 0 spiro atoms. The lowest BCUT2D eigenvalue weighted by Crippen LogP contribution is -2.29. The monoisotopic (exact) mass is 385 g/mol. The quantitative estimate of drug-likeness (QED) is 0.483. The van der Waals surface area contributed by atoms with Crippen LogP contribution in [0.25, 0.3) is 28.3 Å². The lowest BCUT2D eigenvalue weighted by molar-refractivity contribution is 0.190. The predicted molar refractivity (Wildman–Crippen MR) is 111 cm³/mol. The Morgan fingerprint density at radius 3 is 2.72 bits per heavy atom. The molecule has 1 amide bonds. The first-order chi connectivity index (χ1) is 14.2. The maximum absolute atomic E-state index is 11.5. The summed E-state index contributed by atoms with van der Waals surface area (Å²) in [4.78, 5) is 16.0. The number of fused-ring (bicyclic) bond motifs is 1. The molecule has 1 atom stereocenters. The average molecular weight is 385 g/mol. The Bertz CT molecular complexity index is 1180. The Hall–Kier alpha value is -3.93. The van der Waals surface area contributed by atoms with Crippen molar-refractivity contribution in [2.24, 2.45) is 0 Å². The summed E-state index contributed by atoms with van der Waals surface area (Å²) in [6, 6.07) is 20.3. The molecule has 0 fully saturated rings. The fourth-order valence-electron chi connectivity index (χ4n) is 3.42. The van der Waals surface area contributed by atoms with Crippen molar-refractivity contribution in [3.63, 3.8) is 0 Å². The van der Waals surface area contributed by atoms with Crippen LogP contribution in [0, 0.1) is 0 Å². The summed E-state index contributed by atoms with van der Waals surface area (Å²) in [7, 11) is 0.